The van der Waals surface area contributed by atoms with Crippen molar-refractivity contribution in [1.82, 2.24) is 14.6 Å². The lowest BCUT2D eigenvalue weighted by molar-refractivity contribution is 0.284. The zero-order chi connectivity index (χ0) is 13.0. The molecule has 0 spiro atoms. The van der Waals surface area contributed by atoms with Gasteiger partial charge in [0.05, 0.1) is 5.75 Å². The van der Waals surface area contributed by atoms with Crippen LogP contribution in [0.1, 0.15) is 12.6 Å². The molecule has 100 valence electrons. The normalized spacial score (nSPS) is 21.9. The van der Waals surface area contributed by atoms with E-state index in [1.807, 2.05) is 25.1 Å². The van der Waals surface area contributed by atoms with Crippen LogP contribution in [0.15, 0.2) is 24.4 Å². The molecule has 1 aromatic rings. The van der Waals surface area contributed by atoms with Crippen LogP contribution < -0.4 is 5.32 Å². The maximum absolute atomic E-state index is 12.2. The van der Waals surface area contributed by atoms with Gasteiger partial charge in [0, 0.05) is 44.0 Å². The maximum atomic E-state index is 12.2. The fourth-order valence-corrected chi connectivity index (χ4v) is 3.83. The van der Waals surface area contributed by atoms with Crippen LogP contribution in [-0.2, 0) is 16.4 Å². The smallest absolute Gasteiger partial charge is 0.214 e. The zero-order valence-electron chi connectivity index (χ0n) is 10.5. The average Bonchev–Trinajstić information content (AvgIpc) is 2.38. The third-order valence-corrected chi connectivity index (χ3v) is 5.12. The lowest BCUT2D eigenvalue weighted by Gasteiger charge is -2.32. The summed E-state index contributed by atoms with van der Waals surface area (Å²) in [6.07, 6.45) is 2.16. The molecule has 1 aliphatic rings. The second-order valence-electron chi connectivity index (χ2n) is 4.55. The molecule has 0 radical (unpaired) electrons. The predicted molar refractivity (Wildman–Crippen MR) is 70.8 cm³/mol. The predicted octanol–water partition coefficient (Wildman–Crippen LogP) is 0.248. The minimum Gasteiger partial charge on any atom is -0.314 e. The molecule has 0 amide bonds. The van der Waals surface area contributed by atoms with E-state index >= 15 is 0 Å². The number of aromatic nitrogens is 1. The molecule has 1 atom stereocenters. The Morgan fingerprint density at radius 1 is 1.50 bits per heavy atom. The van der Waals surface area contributed by atoms with E-state index in [1.165, 1.54) is 0 Å². The summed E-state index contributed by atoms with van der Waals surface area (Å²) in [4.78, 5) is 4.15. The van der Waals surface area contributed by atoms with Gasteiger partial charge in [-0.3, -0.25) is 4.98 Å². The molecule has 1 saturated heterocycles. The molecule has 0 saturated carbocycles. The van der Waals surface area contributed by atoms with Crippen molar-refractivity contribution in [1.29, 1.82) is 0 Å². The number of aryl methyl sites for hydroxylation is 1. The Bertz CT molecular complexity index is 475. The van der Waals surface area contributed by atoms with Crippen LogP contribution in [0, 0.1) is 0 Å². The van der Waals surface area contributed by atoms with Gasteiger partial charge in [-0.05, 0) is 19.1 Å². The zero-order valence-corrected chi connectivity index (χ0v) is 11.4. The molecule has 1 N–H and O–H groups in total. The van der Waals surface area contributed by atoms with Gasteiger partial charge in [-0.1, -0.05) is 6.07 Å². The van der Waals surface area contributed by atoms with Gasteiger partial charge in [-0.25, -0.2) is 8.42 Å². The first kappa shape index (κ1) is 13.5. The Labute approximate surface area is 108 Å². The van der Waals surface area contributed by atoms with Gasteiger partial charge in [0.1, 0.15) is 0 Å². The molecule has 0 bridgehead atoms. The Morgan fingerprint density at radius 2 is 2.33 bits per heavy atom. The lowest BCUT2D eigenvalue weighted by Crippen LogP contribution is -2.52. The summed E-state index contributed by atoms with van der Waals surface area (Å²) in [7, 11) is -3.18. The van der Waals surface area contributed by atoms with Crippen LogP contribution in [0.2, 0.25) is 0 Å². The third kappa shape index (κ3) is 3.28. The van der Waals surface area contributed by atoms with Gasteiger partial charge in [0.15, 0.2) is 0 Å². The number of rotatable bonds is 4. The van der Waals surface area contributed by atoms with Crippen LogP contribution in [-0.4, -0.2) is 49.1 Å². The molecule has 1 aromatic heterocycles. The summed E-state index contributed by atoms with van der Waals surface area (Å²) in [5.74, 6) is 0.133. The largest absolute Gasteiger partial charge is 0.314 e. The molecular weight excluding hydrogens is 250 g/mol. The van der Waals surface area contributed by atoms with Gasteiger partial charge >= 0.3 is 0 Å². The van der Waals surface area contributed by atoms with Crippen LogP contribution in [0.5, 0.6) is 0 Å². The molecule has 2 rings (SSSR count). The summed E-state index contributed by atoms with van der Waals surface area (Å²) in [5.41, 5.74) is 0.823. The number of hydrogen-bond donors (Lipinski definition) is 1. The van der Waals surface area contributed by atoms with E-state index in [0.717, 1.165) is 18.8 Å². The number of pyridine rings is 1. The van der Waals surface area contributed by atoms with E-state index in [2.05, 4.69) is 10.3 Å². The van der Waals surface area contributed by atoms with E-state index in [0.29, 0.717) is 13.0 Å². The van der Waals surface area contributed by atoms with Crippen molar-refractivity contribution in [3.8, 4) is 0 Å². The second-order valence-corrected chi connectivity index (χ2v) is 6.59. The minimum atomic E-state index is -3.18. The second kappa shape index (κ2) is 5.77. The van der Waals surface area contributed by atoms with Crippen molar-refractivity contribution in [2.45, 2.75) is 19.4 Å². The topological polar surface area (TPSA) is 62.3 Å². The first-order valence-corrected chi connectivity index (χ1v) is 7.80. The Kier molecular flexibility index (Phi) is 4.31. The maximum Gasteiger partial charge on any atom is 0.214 e. The van der Waals surface area contributed by atoms with Crippen molar-refractivity contribution in [3.05, 3.63) is 30.1 Å². The molecular formula is C12H19N3O2S. The van der Waals surface area contributed by atoms with Gasteiger partial charge in [0.25, 0.3) is 0 Å². The van der Waals surface area contributed by atoms with Crippen LogP contribution in [0.25, 0.3) is 0 Å². The summed E-state index contributed by atoms with van der Waals surface area (Å²) < 4.78 is 26.1. The van der Waals surface area contributed by atoms with E-state index < -0.39 is 10.0 Å². The lowest BCUT2D eigenvalue weighted by atomic mass is 10.3. The van der Waals surface area contributed by atoms with E-state index in [1.54, 1.807) is 10.5 Å². The number of piperazine rings is 1. The summed E-state index contributed by atoms with van der Waals surface area (Å²) >= 11 is 0. The average molecular weight is 269 g/mol. The van der Waals surface area contributed by atoms with Crippen molar-refractivity contribution in [2.24, 2.45) is 0 Å². The highest BCUT2D eigenvalue weighted by molar-refractivity contribution is 7.89. The molecule has 18 heavy (non-hydrogen) atoms. The summed E-state index contributed by atoms with van der Waals surface area (Å²) in [5, 5.41) is 3.19. The highest BCUT2D eigenvalue weighted by atomic mass is 32.2. The third-order valence-electron chi connectivity index (χ3n) is 3.14. The number of sulfonamides is 1. The fourth-order valence-electron chi connectivity index (χ4n) is 2.13. The molecule has 6 heteroatoms. The Balaban J connectivity index is 1.99. The van der Waals surface area contributed by atoms with Gasteiger partial charge in [0.2, 0.25) is 10.0 Å². The highest BCUT2D eigenvalue weighted by Gasteiger charge is 2.28. The highest BCUT2D eigenvalue weighted by Crippen LogP contribution is 2.11. The Morgan fingerprint density at radius 3 is 3.00 bits per heavy atom. The van der Waals surface area contributed by atoms with Gasteiger partial charge in [-0.15, -0.1) is 0 Å². The molecule has 1 unspecified atom stereocenters. The van der Waals surface area contributed by atoms with E-state index in [9.17, 15) is 8.42 Å². The van der Waals surface area contributed by atoms with Crippen molar-refractivity contribution in [3.63, 3.8) is 0 Å². The summed E-state index contributed by atoms with van der Waals surface area (Å²) in [6, 6.07) is 5.60. The fraction of sp³-hybridized carbons (Fsp3) is 0.583. The first-order chi connectivity index (χ1) is 8.59. The van der Waals surface area contributed by atoms with E-state index in [4.69, 9.17) is 0 Å². The number of nitrogens with zero attached hydrogens (tertiary/aromatic N) is 2. The SMILES string of the molecule is CC1CNCCN1S(=O)(=O)CCc1ccccn1. The van der Waals surface area contributed by atoms with Crippen molar-refractivity contribution in [2.75, 3.05) is 25.4 Å². The van der Waals surface area contributed by atoms with Crippen molar-refractivity contribution < 1.29 is 8.42 Å². The first-order valence-electron chi connectivity index (χ1n) is 6.20. The number of hydrogen-bond acceptors (Lipinski definition) is 4. The van der Waals surface area contributed by atoms with Gasteiger partial charge < -0.3 is 5.32 Å². The molecule has 1 aliphatic heterocycles. The molecule has 5 nitrogen and oxygen atoms in total. The monoisotopic (exact) mass is 269 g/mol. The molecule has 0 aliphatic carbocycles. The summed E-state index contributed by atoms with van der Waals surface area (Å²) in [6.45, 7) is 3.95. The molecule has 1 fully saturated rings. The number of nitrogens with one attached hydrogen (secondary N) is 1. The standard InChI is InChI=1S/C12H19N3O2S/c1-11-10-13-7-8-15(11)18(16,17)9-5-12-4-2-3-6-14-12/h2-4,6,11,13H,5,7-10H2,1H3. The molecule has 0 aromatic carbocycles. The van der Waals surface area contributed by atoms with Crippen LogP contribution >= 0.6 is 0 Å². The molecule has 2 heterocycles. The minimum absolute atomic E-state index is 0.0347. The van der Waals surface area contributed by atoms with Gasteiger partial charge in [-0.2, -0.15) is 4.31 Å². The Hall–Kier alpha value is -0.980. The van der Waals surface area contributed by atoms with Crippen LogP contribution in [0.3, 0.4) is 0 Å². The quantitative estimate of drug-likeness (QED) is 0.851. The van der Waals surface area contributed by atoms with Crippen molar-refractivity contribution >= 4 is 10.0 Å². The van der Waals surface area contributed by atoms with E-state index in [-0.39, 0.29) is 11.8 Å². The van der Waals surface area contributed by atoms with Crippen LogP contribution in [0.4, 0.5) is 0 Å².